The summed E-state index contributed by atoms with van der Waals surface area (Å²) in [5.74, 6) is 0. The van der Waals surface area contributed by atoms with Gasteiger partial charge in [-0.05, 0) is 50.2 Å². The first-order valence-electron chi connectivity index (χ1n) is 6.56. The van der Waals surface area contributed by atoms with Crippen molar-refractivity contribution in [3.8, 4) is 0 Å². The Morgan fingerprint density at radius 1 is 1.11 bits per heavy atom. The second-order valence-corrected chi connectivity index (χ2v) is 4.61. The van der Waals surface area contributed by atoms with E-state index in [-0.39, 0.29) is 0 Å². The van der Waals surface area contributed by atoms with Gasteiger partial charge in [0.2, 0.25) is 0 Å². The summed E-state index contributed by atoms with van der Waals surface area (Å²) in [7, 11) is 0. The molecular formula is C14H21F3N2. The molecule has 2 nitrogen and oxygen atoms in total. The van der Waals surface area contributed by atoms with Crippen molar-refractivity contribution in [2.45, 2.75) is 32.5 Å². The minimum Gasteiger partial charge on any atom is -0.330 e. The standard InChI is InChI=1S/C14H21F3N2/c1-2-9-19(10-3-8-18)11-12-4-6-13(7-5-12)14(15,16)17/h4-7H,2-3,8-11,18H2,1H3. The Labute approximate surface area is 112 Å². The number of hydrogen-bond donors (Lipinski definition) is 1. The Kier molecular flexibility index (Phi) is 6.31. The maximum Gasteiger partial charge on any atom is 0.416 e. The third-order valence-electron chi connectivity index (χ3n) is 2.91. The molecule has 0 aliphatic rings. The third kappa shape index (κ3) is 5.61. The lowest BCUT2D eigenvalue weighted by atomic mass is 10.1. The van der Waals surface area contributed by atoms with Gasteiger partial charge >= 0.3 is 6.18 Å². The molecule has 0 spiro atoms. The van der Waals surface area contributed by atoms with Crippen LogP contribution in [0.1, 0.15) is 30.9 Å². The van der Waals surface area contributed by atoms with E-state index in [0.717, 1.165) is 43.6 Å². The first kappa shape index (κ1) is 16.0. The van der Waals surface area contributed by atoms with E-state index in [0.29, 0.717) is 13.1 Å². The number of alkyl halides is 3. The zero-order valence-electron chi connectivity index (χ0n) is 11.2. The van der Waals surface area contributed by atoms with Crippen LogP contribution in [-0.2, 0) is 12.7 Å². The summed E-state index contributed by atoms with van der Waals surface area (Å²) in [4.78, 5) is 2.22. The van der Waals surface area contributed by atoms with E-state index in [2.05, 4.69) is 11.8 Å². The molecule has 0 saturated heterocycles. The van der Waals surface area contributed by atoms with Gasteiger partial charge in [0.05, 0.1) is 5.56 Å². The van der Waals surface area contributed by atoms with Crippen LogP contribution >= 0.6 is 0 Å². The van der Waals surface area contributed by atoms with Crippen molar-refractivity contribution in [1.29, 1.82) is 0 Å². The molecule has 0 aliphatic heterocycles. The van der Waals surface area contributed by atoms with Gasteiger partial charge in [0, 0.05) is 6.54 Å². The minimum atomic E-state index is -4.26. The van der Waals surface area contributed by atoms with Crippen molar-refractivity contribution in [3.63, 3.8) is 0 Å². The second kappa shape index (κ2) is 7.50. The van der Waals surface area contributed by atoms with E-state index in [1.807, 2.05) is 0 Å². The van der Waals surface area contributed by atoms with Crippen molar-refractivity contribution in [2.24, 2.45) is 5.73 Å². The first-order chi connectivity index (χ1) is 8.97. The highest BCUT2D eigenvalue weighted by molar-refractivity contribution is 5.24. The largest absolute Gasteiger partial charge is 0.416 e. The maximum atomic E-state index is 12.4. The van der Waals surface area contributed by atoms with Gasteiger partial charge in [-0.15, -0.1) is 0 Å². The third-order valence-corrected chi connectivity index (χ3v) is 2.91. The first-order valence-corrected chi connectivity index (χ1v) is 6.56. The summed E-state index contributed by atoms with van der Waals surface area (Å²) >= 11 is 0. The molecule has 5 heteroatoms. The van der Waals surface area contributed by atoms with Crippen molar-refractivity contribution >= 4 is 0 Å². The zero-order valence-corrected chi connectivity index (χ0v) is 11.2. The van der Waals surface area contributed by atoms with Gasteiger partial charge in [-0.1, -0.05) is 19.1 Å². The highest BCUT2D eigenvalue weighted by atomic mass is 19.4. The molecule has 0 aliphatic carbocycles. The zero-order chi connectivity index (χ0) is 14.3. The summed E-state index contributed by atoms with van der Waals surface area (Å²) in [6.45, 7) is 5.20. The molecule has 0 aromatic heterocycles. The van der Waals surface area contributed by atoms with Crippen LogP contribution in [0.5, 0.6) is 0 Å². The van der Waals surface area contributed by atoms with Gasteiger partial charge in [0.15, 0.2) is 0 Å². The van der Waals surface area contributed by atoms with Crippen molar-refractivity contribution in [1.82, 2.24) is 4.90 Å². The molecule has 1 aromatic rings. The minimum absolute atomic E-state index is 0.597. The summed E-state index contributed by atoms with van der Waals surface area (Å²) in [5, 5.41) is 0. The smallest absolute Gasteiger partial charge is 0.330 e. The summed E-state index contributed by atoms with van der Waals surface area (Å²) < 4.78 is 37.3. The lowest BCUT2D eigenvalue weighted by Crippen LogP contribution is -2.26. The quantitative estimate of drug-likeness (QED) is 0.827. The Morgan fingerprint density at radius 3 is 2.21 bits per heavy atom. The average molecular weight is 274 g/mol. The predicted octanol–water partition coefficient (Wildman–Crippen LogP) is 3.27. The average Bonchev–Trinajstić information content (AvgIpc) is 2.36. The highest BCUT2D eigenvalue weighted by Crippen LogP contribution is 2.29. The summed E-state index contributed by atoms with van der Waals surface area (Å²) in [6.07, 6.45) is -2.34. The van der Waals surface area contributed by atoms with Crippen LogP contribution in [0.2, 0.25) is 0 Å². The van der Waals surface area contributed by atoms with Crippen molar-refractivity contribution < 1.29 is 13.2 Å². The summed E-state index contributed by atoms with van der Waals surface area (Å²) in [5.41, 5.74) is 5.79. The molecular weight excluding hydrogens is 253 g/mol. The SMILES string of the molecule is CCCN(CCCN)Cc1ccc(C(F)(F)F)cc1. The Balaban J connectivity index is 2.64. The van der Waals surface area contributed by atoms with Gasteiger partial charge in [0.25, 0.3) is 0 Å². The van der Waals surface area contributed by atoms with Gasteiger partial charge in [-0.25, -0.2) is 0 Å². The van der Waals surface area contributed by atoms with Crippen molar-refractivity contribution in [3.05, 3.63) is 35.4 Å². The van der Waals surface area contributed by atoms with Gasteiger partial charge in [-0.3, -0.25) is 4.90 Å². The number of nitrogens with zero attached hydrogens (tertiary/aromatic N) is 1. The van der Waals surface area contributed by atoms with Gasteiger partial charge < -0.3 is 5.73 Å². The van der Waals surface area contributed by atoms with Crippen LogP contribution in [0.25, 0.3) is 0 Å². The van der Waals surface area contributed by atoms with Crippen LogP contribution in [0, 0.1) is 0 Å². The van der Waals surface area contributed by atoms with E-state index in [4.69, 9.17) is 5.73 Å². The Hall–Kier alpha value is -1.07. The molecule has 0 bridgehead atoms. The van der Waals surface area contributed by atoms with Gasteiger partial charge in [0.1, 0.15) is 0 Å². The lowest BCUT2D eigenvalue weighted by Gasteiger charge is -2.21. The molecule has 108 valence electrons. The highest BCUT2D eigenvalue weighted by Gasteiger charge is 2.29. The normalized spacial score (nSPS) is 12.1. The number of nitrogens with two attached hydrogens (primary N) is 1. The number of hydrogen-bond acceptors (Lipinski definition) is 2. The van der Waals surface area contributed by atoms with Crippen LogP contribution in [0.15, 0.2) is 24.3 Å². The van der Waals surface area contributed by atoms with Crippen molar-refractivity contribution in [2.75, 3.05) is 19.6 Å². The molecule has 2 N–H and O–H groups in total. The van der Waals surface area contributed by atoms with E-state index >= 15 is 0 Å². The molecule has 19 heavy (non-hydrogen) atoms. The number of rotatable bonds is 7. The fourth-order valence-electron chi connectivity index (χ4n) is 1.96. The van der Waals surface area contributed by atoms with Gasteiger partial charge in [-0.2, -0.15) is 13.2 Å². The van der Waals surface area contributed by atoms with Crippen LogP contribution < -0.4 is 5.73 Å². The molecule has 0 atom stereocenters. The maximum absolute atomic E-state index is 12.4. The van der Waals surface area contributed by atoms with Crippen LogP contribution in [0.3, 0.4) is 0 Å². The number of benzene rings is 1. The Bertz CT molecular complexity index is 360. The van der Waals surface area contributed by atoms with E-state index in [9.17, 15) is 13.2 Å². The number of halogens is 3. The molecule has 0 unspecified atom stereocenters. The van der Waals surface area contributed by atoms with E-state index < -0.39 is 11.7 Å². The molecule has 0 radical (unpaired) electrons. The predicted molar refractivity (Wildman–Crippen MR) is 70.7 cm³/mol. The lowest BCUT2D eigenvalue weighted by molar-refractivity contribution is -0.137. The molecule has 0 amide bonds. The van der Waals surface area contributed by atoms with Crippen LogP contribution in [0.4, 0.5) is 13.2 Å². The molecule has 0 saturated carbocycles. The van der Waals surface area contributed by atoms with E-state index in [1.165, 1.54) is 0 Å². The monoisotopic (exact) mass is 274 g/mol. The topological polar surface area (TPSA) is 29.3 Å². The molecule has 1 aromatic carbocycles. The molecule has 1 rings (SSSR count). The Morgan fingerprint density at radius 2 is 1.74 bits per heavy atom. The van der Waals surface area contributed by atoms with Crippen LogP contribution in [-0.4, -0.2) is 24.5 Å². The summed E-state index contributed by atoms with van der Waals surface area (Å²) in [6, 6.07) is 5.38. The fraction of sp³-hybridized carbons (Fsp3) is 0.571. The van der Waals surface area contributed by atoms with E-state index in [1.54, 1.807) is 12.1 Å². The second-order valence-electron chi connectivity index (χ2n) is 4.61. The fourth-order valence-corrected chi connectivity index (χ4v) is 1.96. The molecule has 0 fully saturated rings. The molecule has 0 heterocycles.